The molecule has 0 saturated carbocycles. The van der Waals surface area contributed by atoms with Gasteiger partial charge in [0.15, 0.2) is 0 Å². The summed E-state index contributed by atoms with van der Waals surface area (Å²) in [6.07, 6.45) is 1.06. The van der Waals surface area contributed by atoms with Crippen molar-refractivity contribution in [1.82, 2.24) is 4.06 Å². The van der Waals surface area contributed by atoms with Crippen LogP contribution in [0, 0.1) is 0 Å². The van der Waals surface area contributed by atoms with Crippen molar-refractivity contribution >= 4 is 37.9 Å². The number of nitrogens with one attached hydrogen (secondary N) is 1. The molecule has 0 heterocycles. The van der Waals surface area contributed by atoms with E-state index in [0.717, 1.165) is 12.7 Å². The predicted molar refractivity (Wildman–Crippen MR) is 83.6 cm³/mol. The van der Waals surface area contributed by atoms with E-state index < -0.39 is 14.2 Å². The SMILES string of the molecule is [Cl][Ru]([Cl])[NH]CCP(c1ccccc1)c1ccccc1. The fourth-order valence-corrected chi connectivity index (χ4v) is 5.72. The molecule has 2 aromatic carbocycles. The zero-order valence-electron chi connectivity index (χ0n) is 10.2. The fraction of sp³-hybridized carbons (Fsp3) is 0.143. The second-order valence-corrected chi connectivity index (χ2v) is 11.7. The van der Waals surface area contributed by atoms with Gasteiger partial charge in [-0.25, -0.2) is 0 Å². The van der Waals surface area contributed by atoms with Crippen LogP contribution in [0.2, 0.25) is 0 Å². The third kappa shape index (κ3) is 5.14. The van der Waals surface area contributed by atoms with Crippen LogP contribution in [0.4, 0.5) is 0 Å². The van der Waals surface area contributed by atoms with Crippen LogP contribution >= 0.6 is 27.3 Å². The van der Waals surface area contributed by atoms with E-state index in [2.05, 4.69) is 64.7 Å². The molecule has 0 aliphatic carbocycles. The van der Waals surface area contributed by atoms with Crippen LogP contribution in [-0.2, 0) is 14.2 Å². The molecule has 0 aliphatic rings. The Bertz CT molecular complexity index is 442. The molecule has 5 heteroatoms. The molecule has 0 saturated heterocycles. The van der Waals surface area contributed by atoms with Crippen molar-refractivity contribution in [2.24, 2.45) is 0 Å². The van der Waals surface area contributed by atoms with E-state index in [0.29, 0.717) is 0 Å². The first-order chi connectivity index (χ1) is 9.27. The van der Waals surface area contributed by atoms with Crippen LogP contribution in [0.25, 0.3) is 0 Å². The maximum absolute atomic E-state index is 5.86. The Hall–Kier alpha value is 0.0334. The first-order valence-corrected chi connectivity index (χ1v) is 12.8. The van der Waals surface area contributed by atoms with Crippen molar-refractivity contribution < 1.29 is 14.2 Å². The predicted octanol–water partition coefficient (Wildman–Crippen LogP) is 3.55. The summed E-state index contributed by atoms with van der Waals surface area (Å²) in [5.74, 6) is 0. The Labute approximate surface area is 129 Å². The minimum atomic E-state index is -1.75. The van der Waals surface area contributed by atoms with Crippen LogP contribution in [0.5, 0.6) is 0 Å². The van der Waals surface area contributed by atoms with Crippen molar-refractivity contribution in [3.05, 3.63) is 60.7 Å². The van der Waals surface area contributed by atoms with Gasteiger partial charge in [0.25, 0.3) is 0 Å². The summed E-state index contributed by atoms with van der Waals surface area (Å²) in [5.41, 5.74) is 0. The average molecular weight is 400 g/mol. The molecule has 1 nitrogen and oxygen atoms in total. The van der Waals surface area contributed by atoms with Crippen molar-refractivity contribution in [2.75, 3.05) is 12.7 Å². The monoisotopic (exact) mass is 400 g/mol. The Morgan fingerprint density at radius 1 is 0.842 bits per heavy atom. The number of hydrogen-bond acceptors (Lipinski definition) is 1. The molecule has 2 rings (SSSR count). The van der Waals surface area contributed by atoms with Gasteiger partial charge in [-0.3, -0.25) is 0 Å². The summed E-state index contributed by atoms with van der Waals surface area (Å²) in [6.45, 7) is 0.876. The third-order valence-corrected chi connectivity index (χ3v) is 7.18. The third-order valence-electron chi connectivity index (χ3n) is 2.65. The molecule has 0 radical (unpaired) electrons. The molecule has 103 valence electrons. The van der Waals surface area contributed by atoms with Gasteiger partial charge in [-0.05, 0) is 0 Å². The van der Waals surface area contributed by atoms with Crippen LogP contribution in [0.15, 0.2) is 60.7 Å². The summed E-state index contributed by atoms with van der Waals surface area (Å²) in [5, 5.41) is 2.79. The number of rotatable bonds is 6. The molecule has 0 unspecified atom stereocenters. The van der Waals surface area contributed by atoms with Crippen molar-refractivity contribution in [1.29, 1.82) is 0 Å². The zero-order valence-corrected chi connectivity index (χ0v) is 14.4. The van der Waals surface area contributed by atoms with Gasteiger partial charge in [-0.2, -0.15) is 0 Å². The Balaban J connectivity index is 2.14. The van der Waals surface area contributed by atoms with Gasteiger partial charge in [0, 0.05) is 0 Å². The van der Waals surface area contributed by atoms with E-state index in [1.165, 1.54) is 10.6 Å². The summed E-state index contributed by atoms with van der Waals surface area (Å²) < 4.78 is 3.21. The van der Waals surface area contributed by atoms with Crippen molar-refractivity contribution in [3.8, 4) is 0 Å². The van der Waals surface area contributed by atoms with E-state index in [1.54, 1.807) is 0 Å². The minimum absolute atomic E-state index is 0.338. The quantitative estimate of drug-likeness (QED) is 0.578. The Morgan fingerprint density at radius 2 is 1.32 bits per heavy atom. The molecule has 0 bridgehead atoms. The first-order valence-electron chi connectivity index (χ1n) is 5.88. The average Bonchev–Trinajstić information content (AvgIpc) is 2.45. The van der Waals surface area contributed by atoms with Crippen LogP contribution in [0.1, 0.15) is 0 Å². The molecule has 2 aromatic rings. The summed E-state index contributed by atoms with van der Waals surface area (Å²) in [6, 6.07) is 21.3. The normalized spacial score (nSPS) is 11.6. The van der Waals surface area contributed by atoms with Gasteiger partial charge in [0.2, 0.25) is 0 Å². The first kappa shape index (κ1) is 15.4. The molecular formula is C14H15Cl2NPRu. The van der Waals surface area contributed by atoms with E-state index in [4.69, 9.17) is 19.4 Å². The van der Waals surface area contributed by atoms with Crippen molar-refractivity contribution in [2.45, 2.75) is 0 Å². The van der Waals surface area contributed by atoms with E-state index in [9.17, 15) is 0 Å². The van der Waals surface area contributed by atoms with Crippen molar-refractivity contribution in [3.63, 3.8) is 0 Å². The molecule has 0 spiro atoms. The second kappa shape index (κ2) is 8.35. The number of hydrogen-bond donors (Lipinski definition) is 1. The zero-order chi connectivity index (χ0) is 13.5. The maximum atomic E-state index is 5.86. The summed E-state index contributed by atoms with van der Waals surface area (Å²) >= 11 is -1.75. The van der Waals surface area contributed by atoms with E-state index >= 15 is 0 Å². The van der Waals surface area contributed by atoms with Crippen LogP contribution in [0.3, 0.4) is 0 Å². The fourth-order valence-electron chi connectivity index (χ4n) is 1.84. The molecular weight excluding hydrogens is 385 g/mol. The van der Waals surface area contributed by atoms with Gasteiger partial charge in [-0.15, -0.1) is 0 Å². The number of halogens is 2. The van der Waals surface area contributed by atoms with E-state index in [-0.39, 0.29) is 7.92 Å². The van der Waals surface area contributed by atoms with Crippen LogP contribution in [-0.4, -0.2) is 12.7 Å². The molecule has 0 fully saturated rings. The van der Waals surface area contributed by atoms with Gasteiger partial charge in [-0.1, -0.05) is 0 Å². The number of benzene rings is 2. The van der Waals surface area contributed by atoms with Crippen LogP contribution < -0.4 is 14.7 Å². The Morgan fingerprint density at radius 3 is 1.74 bits per heavy atom. The van der Waals surface area contributed by atoms with Gasteiger partial charge in [0.1, 0.15) is 0 Å². The molecule has 1 N–H and O–H groups in total. The molecule has 19 heavy (non-hydrogen) atoms. The van der Waals surface area contributed by atoms with Gasteiger partial charge in [0.05, 0.1) is 0 Å². The second-order valence-electron chi connectivity index (χ2n) is 3.88. The molecule has 0 amide bonds. The molecule has 0 atom stereocenters. The topological polar surface area (TPSA) is 12.0 Å². The summed E-state index contributed by atoms with van der Waals surface area (Å²) in [4.78, 5) is 0. The molecule has 0 aliphatic heterocycles. The van der Waals surface area contributed by atoms with Gasteiger partial charge < -0.3 is 0 Å². The summed E-state index contributed by atoms with van der Waals surface area (Å²) in [7, 11) is 11.4. The molecule has 0 aromatic heterocycles. The standard InChI is InChI=1S/C14H15NP.2ClH.Ru/c15-11-12-16(13-7-3-1-4-8-13)14-9-5-2-6-10-14;;;/h1-10,15H,11-12H2;2*1H;/q-1;;;+3/p-2. The van der Waals surface area contributed by atoms with Gasteiger partial charge >= 0.3 is 130 Å². The van der Waals surface area contributed by atoms with E-state index in [1.807, 2.05) is 0 Å². The Kier molecular flexibility index (Phi) is 6.78.